The van der Waals surface area contributed by atoms with E-state index in [4.69, 9.17) is 9.47 Å². The summed E-state index contributed by atoms with van der Waals surface area (Å²) in [4.78, 5) is 16.7. The summed E-state index contributed by atoms with van der Waals surface area (Å²) in [6.45, 7) is 10.6. The predicted molar refractivity (Wildman–Crippen MR) is 150 cm³/mol. The maximum atomic E-state index is 13.7. The number of aryl methyl sites for hydroxylation is 2. The Morgan fingerprint density at radius 2 is 2.02 bits per heavy atom. The number of carbonyl (C=O) groups excluding carboxylic acids is 1. The highest BCUT2D eigenvalue weighted by Gasteiger charge is 2.35. The Morgan fingerprint density at radius 3 is 2.73 bits per heavy atom. The molecule has 10 nitrogen and oxygen atoms in total. The molecule has 0 amide bonds. The number of esters is 1. The van der Waals surface area contributed by atoms with E-state index in [-0.39, 0.29) is 48.4 Å². The minimum absolute atomic E-state index is 0.0781. The van der Waals surface area contributed by atoms with Crippen molar-refractivity contribution in [2.75, 3.05) is 13.2 Å². The van der Waals surface area contributed by atoms with Gasteiger partial charge in [-0.15, -0.1) is 5.10 Å². The van der Waals surface area contributed by atoms with E-state index >= 15 is 0 Å². The molecule has 0 N–H and O–H groups in total. The number of rotatable bonds is 11. The van der Waals surface area contributed by atoms with E-state index in [9.17, 15) is 13.2 Å². The third-order valence-corrected chi connectivity index (χ3v) is 9.09. The molecule has 0 radical (unpaired) electrons. The van der Waals surface area contributed by atoms with Gasteiger partial charge in [0.2, 0.25) is 10.0 Å². The number of hydrogen-bond acceptors (Lipinski definition) is 8. The van der Waals surface area contributed by atoms with Crippen LogP contribution in [0.1, 0.15) is 81.3 Å². The van der Waals surface area contributed by atoms with E-state index in [2.05, 4.69) is 15.3 Å². The van der Waals surface area contributed by atoms with Gasteiger partial charge in [-0.2, -0.15) is 4.31 Å². The molecule has 3 heterocycles. The number of sulfonamides is 1. The fourth-order valence-corrected chi connectivity index (χ4v) is 6.33. The summed E-state index contributed by atoms with van der Waals surface area (Å²) >= 11 is 0. The zero-order valence-electron chi connectivity index (χ0n) is 23.9. The van der Waals surface area contributed by atoms with Crippen LogP contribution in [0.5, 0.6) is 5.75 Å². The highest BCUT2D eigenvalue weighted by Crippen LogP contribution is 2.33. The Labute approximate surface area is 236 Å². The first kappa shape index (κ1) is 29.7. The van der Waals surface area contributed by atoms with Crippen LogP contribution in [0.4, 0.5) is 0 Å². The molecule has 0 fully saturated rings. The zero-order valence-corrected chi connectivity index (χ0v) is 24.7. The van der Waals surface area contributed by atoms with Crippen molar-refractivity contribution in [3.63, 3.8) is 0 Å². The summed E-state index contributed by atoms with van der Waals surface area (Å²) in [7, 11) is -3.83. The number of nitrogens with zero attached hydrogens (tertiary/aromatic N) is 5. The number of benzene rings is 1. The molecule has 2 atom stereocenters. The molecule has 1 unspecified atom stereocenters. The number of ether oxygens (including phenoxy) is 2. The first-order valence-corrected chi connectivity index (χ1v) is 15.3. The highest BCUT2D eigenvalue weighted by atomic mass is 32.2. The number of hydrogen-bond donors (Lipinski definition) is 0. The van der Waals surface area contributed by atoms with Crippen molar-refractivity contribution >= 4 is 16.0 Å². The molecule has 0 saturated carbocycles. The Bertz CT molecular complexity index is 1420. The second kappa shape index (κ2) is 12.9. The van der Waals surface area contributed by atoms with Gasteiger partial charge in [-0.25, -0.2) is 13.1 Å². The summed E-state index contributed by atoms with van der Waals surface area (Å²) in [6, 6.07) is 7.85. The second-order valence-electron chi connectivity index (χ2n) is 10.5. The van der Waals surface area contributed by atoms with Crippen molar-refractivity contribution < 1.29 is 22.7 Å². The molecule has 4 rings (SSSR count). The van der Waals surface area contributed by atoms with Crippen LogP contribution in [0.3, 0.4) is 0 Å². The lowest BCUT2D eigenvalue weighted by Gasteiger charge is -2.24. The van der Waals surface area contributed by atoms with Crippen LogP contribution in [0, 0.1) is 6.92 Å². The van der Waals surface area contributed by atoms with E-state index in [1.54, 1.807) is 13.0 Å². The SMILES string of the molecule is CCOC(=O)CC(CCc1cn(C(C)C)nn1)c1ccc(C)c(CN2C[C@@H](CC)Oc3ccncc3S2(=O)=O)c1. The Balaban J connectivity index is 1.62. The first-order chi connectivity index (χ1) is 19.1. The minimum atomic E-state index is -3.83. The van der Waals surface area contributed by atoms with E-state index < -0.39 is 10.0 Å². The van der Waals surface area contributed by atoms with Crippen molar-refractivity contribution in [1.29, 1.82) is 0 Å². The molecule has 40 heavy (non-hydrogen) atoms. The topological polar surface area (TPSA) is 117 Å². The average Bonchev–Trinajstić information content (AvgIpc) is 3.37. The summed E-state index contributed by atoms with van der Waals surface area (Å²) in [5.41, 5.74) is 3.67. The van der Waals surface area contributed by atoms with Crippen molar-refractivity contribution in [2.45, 2.75) is 89.8 Å². The van der Waals surface area contributed by atoms with Gasteiger partial charge in [0.25, 0.3) is 0 Å². The lowest BCUT2D eigenvalue weighted by atomic mass is 9.88. The standard InChI is InChI=1S/C29H39N5O5S/c1-6-26-19-33(40(36,37)28-16-30-13-12-27(28)39-26)17-24-14-22(9-8-21(24)5)23(15-29(35)38-7-2)10-11-25-18-34(20(3)4)32-31-25/h8-9,12-14,16,18,20,23,26H,6-7,10-11,15,17,19H2,1-5H3/t23?,26-/m1/s1. The van der Waals surface area contributed by atoms with Gasteiger partial charge < -0.3 is 9.47 Å². The summed E-state index contributed by atoms with van der Waals surface area (Å²) in [6.07, 6.45) is 6.76. The number of fused-ring (bicyclic) bond motifs is 1. The van der Waals surface area contributed by atoms with E-state index in [1.165, 1.54) is 16.7 Å². The molecule has 3 aromatic rings. The Hall–Kier alpha value is -3.31. The van der Waals surface area contributed by atoms with Gasteiger partial charge >= 0.3 is 5.97 Å². The maximum Gasteiger partial charge on any atom is 0.306 e. The maximum absolute atomic E-state index is 13.7. The third-order valence-electron chi connectivity index (χ3n) is 7.27. The van der Waals surface area contributed by atoms with E-state index in [0.29, 0.717) is 31.6 Å². The van der Waals surface area contributed by atoms with Gasteiger partial charge in [0.05, 0.1) is 31.5 Å². The van der Waals surface area contributed by atoms with Crippen LogP contribution < -0.4 is 4.74 Å². The second-order valence-corrected chi connectivity index (χ2v) is 12.4. The molecule has 0 bridgehead atoms. The van der Waals surface area contributed by atoms with Crippen molar-refractivity contribution in [3.05, 3.63) is 65.2 Å². The monoisotopic (exact) mass is 569 g/mol. The highest BCUT2D eigenvalue weighted by molar-refractivity contribution is 7.89. The minimum Gasteiger partial charge on any atom is -0.488 e. The molecule has 0 spiro atoms. The molecular weight excluding hydrogens is 530 g/mol. The van der Waals surface area contributed by atoms with Crippen LogP contribution in [0.2, 0.25) is 0 Å². The largest absolute Gasteiger partial charge is 0.488 e. The predicted octanol–water partition coefficient (Wildman–Crippen LogP) is 4.59. The van der Waals surface area contributed by atoms with E-state index in [0.717, 1.165) is 22.4 Å². The molecule has 1 aromatic carbocycles. The van der Waals surface area contributed by atoms with Crippen molar-refractivity contribution in [1.82, 2.24) is 24.3 Å². The normalized spacial score (nSPS) is 17.6. The fourth-order valence-electron chi connectivity index (χ4n) is 4.82. The van der Waals surface area contributed by atoms with Crippen molar-refractivity contribution in [3.8, 4) is 5.75 Å². The number of pyridine rings is 1. The van der Waals surface area contributed by atoms with Gasteiger partial charge in [-0.1, -0.05) is 30.3 Å². The van der Waals surface area contributed by atoms with Crippen LogP contribution in [0.25, 0.3) is 0 Å². The first-order valence-electron chi connectivity index (χ1n) is 13.9. The van der Waals surface area contributed by atoms with Gasteiger partial charge in [0.1, 0.15) is 16.7 Å². The Kier molecular flexibility index (Phi) is 9.57. The molecule has 1 aliphatic heterocycles. The number of aromatic nitrogens is 4. The van der Waals surface area contributed by atoms with Gasteiger partial charge in [-0.3, -0.25) is 9.78 Å². The molecule has 1 aliphatic rings. The van der Waals surface area contributed by atoms with Gasteiger partial charge in [0, 0.05) is 25.0 Å². The fraction of sp³-hybridized carbons (Fsp3) is 0.517. The summed E-state index contributed by atoms with van der Waals surface area (Å²) in [5, 5.41) is 8.49. The quantitative estimate of drug-likeness (QED) is 0.308. The lowest BCUT2D eigenvalue weighted by Crippen LogP contribution is -2.36. The smallest absolute Gasteiger partial charge is 0.306 e. The number of carbonyl (C=O) groups is 1. The summed E-state index contributed by atoms with van der Waals surface area (Å²) < 4.78 is 42.0. The van der Waals surface area contributed by atoms with Gasteiger partial charge in [0.15, 0.2) is 0 Å². The molecule has 11 heteroatoms. The van der Waals surface area contributed by atoms with Crippen LogP contribution in [0.15, 0.2) is 47.8 Å². The molecule has 216 valence electrons. The molecule has 2 aromatic heterocycles. The molecule has 0 saturated heterocycles. The summed E-state index contributed by atoms with van der Waals surface area (Å²) in [5.74, 6) is -0.0543. The lowest BCUT2D eigenvalue weighted by molar-refractivity contribution is -0.143. The molecule has 0 aliphatic carbocycles. The van der Waals surface area contributed by atoms with Crippen LogP contribution in [-0.2, 0) is 32.5 Å². The van der Waals surface area contributed by atoms with Crippen molar-refractivity contribution in [2.24, 2.45) is 0 Å². The average molecular weight is 570 g/mol. The van der Waals surface area contributed by atoms with Crippen LogP contribution >= 0.6 is 0 Å². The Morgan fingerprint density at radius 1 is 1.23 bits per heavy atom. The van der Waals surface area contributed by atoms with Crippen LogP contribution in [-0.4, -0.2) is 57.9 Å². The molecular formula is C29H39N5O5S. The zero-order chi connectivity index (χ0) is 28.9. The third kappa shape index (κ3) is 6.87. The van der Waals surface area contributed by atoms with Gasteiger partial charge in [-0.05, 0) is 75.6 Å². The van der Waals surface area contributed by atoms with E-state index in [1.807, 2.05) is 56.8 Å².